The zero-order valence-electron chi connectivity index (χ0n) is 15.6. The Morgan fingerprint density at radius 2 is 1.96 bits per heavy atom. The van der Waals surface area contributed by atoms with Gasteiger partial charge < -0.3 is 19.9 Å². The molecule has 0 aliphatic carbocycles. The van der Waals surface area contributed by atoms with Crippen molar-refractivity contribution in [2.24, 2.45) is 0 Å². The van der Waals surface area contributed by atoms with E-state index in [1.165, 1.54) is 0 Å². The highest BCUT2D eigenvalue weighted by Gasteiger charge is 2.18. The number of rotatable bonds is 7. The van der Waals surface area contributed by atoms with Gasteiger partial charge in [0, 0.05) is 12.1 Å². The van der Waals surface area contributed by atoms with Crippen molar-refractivity contribution in [1.82, 2.24) is 15.8 Å². The van der Waals surface area contributed by atoms with Crippen LogP contribution >= 0.6 is 0 Å². The molecule has 0 saturated carbocycles. The Balaban J connectivity index is 1.86. The van der Waals surface area contributed by atoms with Crippen molar-refractivity contribution in [1.29, 1.82) is 0 Å². The maximum absolute atomic E-state index is 12.1. The molecule has 2 aromatic rings. The molecule has 1 aromatic carbocycles. The Hall–Kier alpha value is -2.34. The van der Waals surface area contributed by atoms with Crippen molar-refractivity contribution in [3.63, 3.8) is 0 Å². The predicted molar refractivity (Wildman–Crippen MR) is 96.1 cm³/mol. The van der Waals surface area contributed by atoms with Crippen LogP contribution in [0.25, 0.3) is 0 Å². The molecule has 2 amide bonds. The van der Waals surface area contributed by atoms with Crippen molar-refractivity contribution in [3.8, 4) is 0 Å². The quantitative estimate of drug-likeness (QED) is 0.801. The average Bonchev–Trinajstić information content (AvgIpc) is 2.90. The molecule has 25 heavy (non-hydrogen) atoms. The van der Waals surface area contributed by atoms with E-state index >= 15 is 0 Å². The molecule has 136 valence electrons. The summed E-state index contributed by atoms with van der Waals surface area (Å²) in [7, 11) is 0. The summed E-state index contributed by atoms with van der Waals surface area (Å²) >= 11 is 0. The molecule has 6 heteroatoms. The van der Waals surface area contributed by atoms with E-state index in [1.807, 2.05) is 58.9 Å². The maximum Gasteiger partial charge on any atom is 0.315 e. The lowest BCUT2D eigenvalue weighted by Gasteiger charge is -2.15. The molecule has 0 aliphatic heterocycles. The van der Waals surface area contributed by atoms with Gasteiger partial charge in [-0.15, -0.1) is 0 Å². The Labute approximate surface area is 148 Å². The summed E-state index contributed by atoms with van der Waals surface area (Å²) in [4.78, 5) is 12.1. The third-order valence-electron chi connectivity index (χ3n) is 3.90. The minimum Gasteiger partial charge on any atom is -0.374 e. The SMILES string of the molecule is Cc1noc(C)c1C(C)NC(=O)NCc1cccc(COC(C)C)c1. The number of hydrogen-bond donors (Lipinski definition) is 2. The molecular formula is C19H27N3O3. The number of carbonyl (C=O) groups excluding carboxylic acids is 1. The Kier molecular flexibility index (Phi) is 6.58. The lowest BCUT2D eigenvalue weighted by Crippen LogP contribution is -2.36. The van der Waals surface area contributed by atoms with Crippen molar-refractivity contribution in [2.75, 3.05) is 0 Å². The second-order valence-corrected chi connectivity index (χ2v) is 6.47. The predicted octanol–water partition coefficient (Wildman–Crippen LogP) is 3.78. The van der Waals surface area contributed by atoms with E-state index in [1.54, 1.807) is 0 Å². The summed E-state index contributed by atoms with van der Waals surface area (Å²) in [6.45, 7) is 10.7. The minimum atomic E-state index is -0.226. The first-order valence-electron chi connectivity index (χ1n) is 8.53. The molecule has 0 bridgehead atoms. The van der Waals surface area contributed by atoms with Crippen LogP contribution in [0.4, 0.5) is 4.79 Å². The van der Waals surface area contributed by atoms with Crippen LogP contribution in [0.1, 0.15) is 55.0 Å². The van der Waals surface area contributed by atoms with Gasteiger partial charge in [-0.2, -0.15) is 0 Å². The van der Waals surface area contributed by atoms with Crippen molar-refractivity contribution >= 4 is 6.03 Å². The second kappa shape index (κ2) is 8.67. The molecule has 0 aliphatic rings. The first-order valence-corrected chi connectivity index (χ1v) is 8.53. The van der Waals surface area contributed by atoms with Crippen molar-refractivity contribution in [3.05, 3.63) is 52.4 Å². The summed E-state index contributed by atoms with van der Waals surface area (Å²) in [6, 6.07) is 7.62. The van der Waals surface area contributed by atoms with Gasteiger partial charge in [0.25, 0.3) is 0 Å². The van der Waals surface area contributed by atoms with Crippen LogP contribution in [-0.4, -0.2) is 17.3 Å². The smallest absolute Gasteiger partial charge is 0.315 e. The van der Waals surface area contributed by atoms with E-state index in [0.29, 0.717) is 13.2 Å². The largest absolute Gasteiger partial charge is 0.374 e. The third-order valence-corrected chi connectivity index (χ3v) is 3.90. The van der Waals surface area contributed by atoms with Gasteiger partial charge in [0.05, 0.1) is 24.4 Å². The summed E-state index contributed by atoms with van der Waals surface area (Å²) in [5.41, 5.74) is 3.84. The summed E-state index contributed by atoms with van der Waals surface area (Å²) in [6.07, 6.45) is 0.193. The van der Waals surface area contributed by atoms with Crippen LogP contribution < -0.4 is 10.6 Å². The molecule has 0 saturated heterocycles. The van der Waals surface area contributed by atoms with Gasteiger partial charge in [0.2, 0.25) is 0 Å². The average molecular weight is 345 g/mol. The van der Waals surface area contributed by atoms with Gasteiger partial charge in [0.1, 0.15) is 5.76 Å². The number of nitrogens with one attached hydrogen (secondary N) is 2. The lowest BCUT2D eigenvalue weighted by molar-refractivity contribution is 0.0657. The second-order valence-electron chi connectivity index (χ2n) is 6.47. The molecule has 1 aromatic heterocycles. The minimum absolute atomic E-state index is 0.169. The summed E-state index contributed by atoms with van der Waals surface area (Å²) in [5.74, 6) is 0.725. The van der Waals surface area contributed by atoms with Gasteiger partial charge >= 0.3 is 6.03 Å². The first-order chi connectivity index (χ1) is 11.9. The maximum atomic E-state index is 12.1. The van der Waals surface area contributed by atoms with Gasteiger partial charge in [-0.05, 0) is 45.7 Å². The number of carbonyl (C=O) groups is 1. The van der Waals surface area contributed by atoms with Crippen LogP contribution in [0.3, 0.4) is 0 Å². The third kappa shape index (κ3) is 5.60. The van der Waals surface area contributed by atoms with E-state index in [0.717, 1.165) is 28.1 Å². The van der Waals surface area contributed by atoms with E-state index in [4.69, 9.17) is 9.26 Å². The molecule has 1 heterocycles. The number of nitrogens with zero attached hydrogens (tertiary/aromatic N) is 1. The number of aryl methyl sites for hydroxylation is 2. The van der Waals surface area contributed by atoms with Gasteiger partial charge in [-0.25, -0.2) is 4.79 Å². The topological polar surface area (TPSA) is 76.4 Å². The zero-order chi connectivity index (χ0) is 18.4. The van der Waals surface area contributed by atoms with Crippen LogP contribution in [0.5, 0.6) is 0 Å². The lowest BCUT2D eigenvalue weighted by atomic mass is 10.1. The van der Waals surface area contributed by atoms with Gasteiger partial charge in [-0.3, -0.25) is 0 Å². The van der Waals surface area contributed by atoms with Crippen molar-refractivity contribution < 1.29 is 14.1 Å². The van der Waals surface area contributed by atoms with E-state index < -0.39 is 0 Å². The number of ether oxygens (including phenoxy) is 1. The zero-order valence-corrected chi connectivity index (χ0v) is 15.6. The number of hydrogen-bond acceptors (Lipinski definition) is 4. The molecule has 2 rings (SSSR count). The Bertz CT molecular complexity index is 690. The molecule has 0 radical (unpaired) electrons. The summed E-state index contributed by atoms with van der Waals surface area (Å²) in [5, 5.41) is 9.71. The fourth-order valence-corrected chi connectivity index (χ4v) is 2.70. The standard InChI is InChI=1S/C19H27N3O3/c1-12(2)24-11-17-8-6-7-16(9-17)10-20-19(23)21-13(3)18-14(4)22-25-15(18)5/h6-9,12-13H,10-11H2,1-5H3,(H2,20,21,23). The number of amides is 2. The Morgan fingerprint density at radius 1 is 1.24 bits per heavy atom. The van der Waals surface area contributed by atoms with Gasteiger partial charge in [-0.1, -0.05) is 29.4 Å². The molecule has 0 spiro atoms. The first kappa shape index (κ1) is 19.0. The fourth-order valence-electron chi connectivity index (χ4n) is 2.70. The van der Waals surface area contributed by atoms with Crippen LogP contribution in [0.2, 0.25) is 0 Å². The van der Waals surface area contributed by atoms with Crippen LogP contribution in [0.15, 0.2) is 28.8 Å². The summed E-state index contributed by atoms with van der Waals surface area (Å²) < 4.78 is 10.8. The monoisotopic (exact) mass is 345 g/mol. The van der Waals surface area contributed by atoms with Gasteiger partial charge in [0.15, 0.2) is 0 Å². The molecule has 1 unspecified atom stereocenters. The van der Waals surface area contributed by atoms with E-state index in [-0.39, 0.29) is 18.2 Å². The highest BCUT2D eigenvalue weighted by atomic mass is 16.5. The molecule has 6 nitrogen and oxygen atoms in total. The molecule has 1 atom stereocenters. The molecular weight excluding hydrogens is 318 g/mol. The van der Waals surface area contributed by atoms with Crippen molar-refractivity contribution in [2.45, 2.75) is 59.9 Å². The Morgan fingerprint density at radius 3 is 2.60 bits per heavy atom. The highest BCUT2D eigenvalue weighted by Crippen LogP contribution is 2.20. The van der Waals surface area contributed by atoms with Crippen LogP contribution in [0, 0.1) is 13.8 Å². The van der Waals surface area contributed by atoms with E-state index in [2.05, 4.69) is 15.8 Å². The normalized spacial score (nSPS) is 12.2. The molecule has 2 N–H and O–H groups in total. The fraction of sp³-hybridized carbons (Fsp3) is 0.474. The highest BCUT2D eigenvalue weighted by molar-refractivity contribution is 5.74. The molecule has 0 fully saturated rings. The number of aromatic nitrogens is 1. The van der Waals surface area contributed by atoms with Crippen LogP contribution in [-0.2, 0) is 17.9 Å². The number of urea groups is 1. The van der Waals surface area contributed by atoms with E-state index in [9.17, 15) is 4.79 Å². The number of benzene rings is 1.